The van der Waals surface area contributed by atoms with Gasteiger partial charge in [-0.1, -0.05) is 38.3 Å². The van der Waals surface area contributed by atoms with E-state index >= 15 is 0 Å². The molecule has 0 aromatic carbocycles. The number of esters is 2. The summed E-state index contributed by atoms with van der Waals surface area (Å²) in [7, 11) is -1.89. The van der Waals surface area contributed by atoms with E-state index in [0.29, 0.717) is 12.1 Å². The molecule has 0 unspecified atom stereocenters. The molecule has 0 saturated heterocycles. The van der Waals surface area contributed by atoms with Gasteiger partial charge in [-0.3, -0.25) is 10.6 Å². The van der Waals surface area contributed by atoms with Crippen LogP contribution < -0.4 is 10.6 Å². The maximum atomic E-state index is 12.3. The standard InChI is InChI=1S/C26H42N2O5Si.C13H17ClN2O4/c1-12-31-22(29)20-18-27-19(17-21(20)28-23(30)32-24(2,3)4)15-13-14-16-26(8,9)33-34(10,11)25(5,6)7;1-5-19-11(17)8-7-15-10(14)6-9(8)16-12(18)20-13(2,3)4/h17-18H,12,14,16H2,1-11H3,(H,27,28,30);6-7H,5H2,1-4H3,(H,15,16,18). The fraction of sp³-hybridized carbons (Fsp3) is 0.590. The van der Waals surface area contributed by atoms with Crippen molar-refractivity contribution in [2.45, 2.75) is 138 Å². The van der Waals surface area contributed by atoms with E-state index in [0.717, 1.165) is 6.42 Å². The van der Waals surface area contributed by atoms with Crippen molar-refractivity contribution < 1.29 is 42.6 Å². The third kappa shape index (κ3) is 17.8. The Bertz CT molecular complexity index is 1680. The number of hydrogen-bond acceptors (Lipinski definition) is 11. The molecule has 0 radical (unpaired) electrons. The van der Waals surface area contributed by atoms with Gasteiger partial charge in [0.1, 0.15) is 33.2 Å². The molecule has 0 spiro atoms. The Morgan fingerprint density at radius 1 is 0.741 bits per heavy atom. The first-order chi connectivity index (χ1) is 24.6. The highest BCUT2D eigenvalue weighted by atomic mass is 35.5. The van der Waals surface area contributed by atoms with Gasteiger partial charge in [0.2, 0.25) is 0 Å². The number of ether oxygens (including phenoxy) is 4. The molecule has 0 fully saturated rings. The number of nitrogens with one attached hydrogen (secondary N) is 2. The minimum absolute atomic E-state index is 0.113. The van der Waals surface area contributed by atoms with Crippen LogP contribution in [0.15, 0.2) is 24.5 Å². The van der Waals surface area contributed by atoms with Crippen LogP contribution in [0.3, 0.4) is 0 Å². The summed E-state index contributed by atoms with van der Waals surface area (Å²) in [5.41, 5.74) is -0.492. The van der Waals surface area contributed by atoms with Gasteiger partial charge in [-0.05, 0) is 106 Å². The highest BCUT2D eigenvalue weighted by Crippen LogP contribution is 2.40. The summed E-state index contributed by atoms with van der Waals surface area (Å²) in [5, 5.41) is 5.36. The van der Waals surface area contributed by atoms with Gasteiger partial charge in [0.15, 0.2) is 8.32 Å². The smallest absolute Gasteiger partial charge is 0.412 e. The van der Waals surface area contributed by atoms with E-state index in [1.54, 1.807) is 61.5 Å². The van der Waals surface area contributed by atoms with Gasteiger partial charge in [0, 0.05) is 24.9 Å². The Morgan fingerprint density at radius 2 is 1.19 bits per heavy atom. The normalized spacial score (nSPS) is 11.9. The SMILES string of the molecule is CCOC(=O)c1cnc(C#CCCC(C)(C)O[Si](C)(C)C(C)(C)C)cc1NC(=O)OC(C)(C)C.CCOC(=O)c1cnc(Cl)cc1NC(=O)OC(C)(C)C. The quantitative estimate of drug-likeness (QED) is 0.0774. The van der Waals surface area contributed by atoms with Crippen LogP contribution in [-0.4, -0.2) is 72.4 Å². The highest BCUT2D eigenvalue weighted by molar-refractivity contribution is 6.74. The second kappa shape index (κ2) is 19.9. The lowest BCUT2D eigenvalue weighted by molar-refractivity contribution is 0.0516. The number of halogens is 1. The summed E-state index contributed by atoms with van der Waals surface area (Å²) >= 11 is 5.76. The molecule has 2 N–H and O–H groups in total. The van der Waals surface area contributed by atoms with Gasteiger partial charge in [-0.15, -0.1) is 0 Å². The number of aromatic nitrogens is 2. The molecule has 13 nitrogen and oxygen atoms in total. The monoisotopic (exact) mass is 790 g/mol. The van der Waals surface area contributed by atoms with Gasteiger partial charge in [0.05, 0.1) is 30.2 Å². The topological polar surface area (TPSA) is 164 Å². The molecule has 2 heterocycles. The summed E-state index contributed by atoms with van der Waals surface area (Å²) in [6, 6.07) is 2.91. The summed E-state index contributed by atoms with van der Waals surface area (Å²) < 4.78 is 26.9. The van der Waals surface area contributed by atoms with Crippen LogP contribution in [0.25, 0.3) is 0 Å². The molecule has 15 heteroatoms. The lowest BCUT2D eigenvalue weighted by atomic mass is 10.0. The number of carbonyl (C=O) groups is 4. The second-order valence-corrected chi connectivity index (χ2v) is 21.4. The van der Waals surface area contributed by atoms with Crippen molar-refractivity contribution in [3.63, 3.8) is 0 Å². The van der Waals surface area contributed by atoms with Crippen molar-refractivity contribution in [3.8, 4) is 11.8 Å². The molecule has 0 aliphatic heterocycles. The minimum Gasteiger partial charge on any atom is -0.462 e. The average Bonchev–Trinajstić information content (AvgIpc) is 2.97. The second-order valence-electron chi connectivity index (χ2n) is 16.3. The molecule has 300 valence electrons. The molecule has 0 bridgehead atoms. The molecule has 0 aliphatic carbocycles. The Hall–Kier alpha value is -4.19. The molecule has 2 rings (SSSR count). The summed E-state index contributed by atoms with van der Waals surface area (Å²) in [5.74, 6) is 4.99. The number of hydrogen-bond donors (Lipinski definition) is 2. The molecule has 0 aliphatic rings. The third-order valence-corrected chi connectivity index (χ3v) is 12.3. The molecular formula is C39H59ClN4O9Si. The molecule has 2 aromatic rings. The number of amides is 2. The number of carbonyl (C=O) groups excluding carboxylic acids is 4. The third-order valence-electron chi connectivity index (χ3n) is 7.44. The van der Waals surface area contributed by atoms with E-state index < -0.39 is 43.6 Å². The molecule has 2 aromatic heterocycles. The zero-order valence-electron chi connectivity index (χ0n) is 34.6. The predicted octanol–water partition coefficient (Wildman–Crippen LogP) is 9.80. The van der Waals surface area contributed by atoms with Crippen LogP contribution in [0.5, 0.6) is 0 Å². The van der Waals surface area contributed by atoms with Gasteiger partial charge < -0.3 is 23.4 Å². The average molecular weight is 791 g/mol. The minimum atomic E-state index is -1.89. The molecule has 2 amide bonds. The van der Waals surface area contributed by atoms with Crippen LogP contribution >= 0.6 is 11.6 Å². The van der Waals surface area contributed by atoms with E-state index in [2.05, 4.69) is 80.2 Å². The largest absolute Gasteiger partial charge is 0.462 e. The van der Waals surface area contributed by atoms with Crippen molar-refractivity contribution in [1.82, 2.24) is 9.97 Å². The van der Waals surface area contributed by atoms with Crippen molar-refractivity contribution in [1.29, 1.82) is 0 Å². The molecule has 0 saturated carbocycles. The molecule has 0 atom stereocenters. The first-order valence-electron chi connectivity index (χ1n) is 17.8. The summed E-state index contributed by atoms with van der Waals surface area (Å²) in [6.45, 7) is 29.7. The number of rotatable bonds is 10. The van der Waals surface area contributed by atoms with Crippen LogP contribution in [0.1, 0.15) is 129 Å². The lowest BCUT2D eigenvalue weighted by Crippen LogP contribution is -2.47. The number of nitrogens with zero attached hydrogens (tertiary/aromatic N) is 2. The van der Waals surface area contributed by atoms with E-state index in [1.807, 2.05) is 0 Å². The van der Waals surface area contributed by atoms with Crippen molar-refractivity contribution in [2.24, 2.45) is 0 Å². The zero-order valence-corrected chi connectivity index (χ0v) is 36.3. The van der Waals surface area contributed by atoms with Crippen LogP contribution in [-0.2, 0) is 23.4 Å². The summed E-state index contributed by atoms with van der Waals surface area (Å²) in [6.07, 6.45) is 2.64. The van der Waals surface area contributed by atoms with Crippen LogP contribution in [0.4, 0.5) is 21.0 Å². The Labute approximate surface area is 327 Å². The number of anilines is 2. The van der Waals surface area contributed by atoms with Gasteiger partial charge >= 0.3 is 24.1 Å². The maximum Gasteiger partial charge on any atom is 0.412 e. The van der Waals surface area contributed by atoms with E-state index in [1.165, 1.54) is 18.5 Å². The fourth-order valence-corrected chi connectivity index (χ4v) is 6.09. The lowest BCUT2D eigenvalue weighted by Gasteiger charge is -2.42. The van der Waals surface area contributed by atoms with Crippen LogP contribution in [0, 0.1) is 11.8 Å². The zero-order chi connectivity index (χ0) is 41.7. The van der Waals surface area contributed by atoms with Crippen molar-refractivity contribution >= 4 is 55.4 Å². The van der Waals surface area contributed by atoms with Crippen molar-refractivity contribution in [2.75, 3.05) is 23.8 Å². The Morgan fingerprint density at radius 3 is 1.61 bits per heavy atom. The predicted molar refractivity (Wildman–Crippen MR) is 214 cm³/mol. The first kappa shape index (κ1) is 47.8. The van der Waals surface area contributed by atoms with Gasteiger partial charge in [0.25, 0.3) is 0 Å². The Balaban J connectivity index is 0.000000618. The Kier molecular flexibility index (Phi) is 17.7. The highest BCUT2D eigenvalue weighted by Gasteiger charge is 2.41. The van der Waals surface area contributed by atoms with E-state index in [-0.39, 0.29) is 51.5 Å². The number of pyridine rings is 2. The van der Waals surface area contributed by atoms with E-state index in [9.17, 15) is 19.2 Å². The van der Waals surface area contributed by atoms with Crippen molar-refractivity contribution in [3.05, 3.63) is 46.5 Å². The van der Waals surface area contributed by atoms with Crippen LogP contribution in [0.2, 0.25) is 23.3 Å². The van der Waals surface area contributed by atoms with Gasteiger partial charge in [-0.2, -0.15) is 0 Å². The fourth-order valence-electron chi connectivity index (χ4n) is 4.14. The van der Waals surface area contributed by atoms with E-state index in [4.69, 9.17) is 35.0 Å². The van der Waals surface area contributed by atoms with Gasteiger partial charge in [-0.25, -0.2) is 29.1 Å². The summed E-state index contributed by atoms with van der Waals surface area (Å²) in [4.78, 5) is 56.1. The molecular weight excluding hydrogens is 732 g/mol. The molecule has 54 heavy (non-hydrogen) atoms. The first-order valence-corrected chi connectivity index (χ1v) is 21.1. The maximum absolute atomic E-state index is 12.3.